The van der Waals surface area contributed by atoms with Crippen molar-refractivity contribution in [3.8, 4) is 22.6 Å². The van der Waals surface area contributed by atoms with Gasteiger partial charge >= 0.3 is 0 Å². The fourth-order valence-corrected chi connectivity index (χ4v) is 4.96. The summed E-state index contributed by atoms with van der Waals surface area (Å²) in [5.74, 6) is 2.29. The normalized spacial score (nSPS) is 15.3. The van der Waals surface area contributed by atoms with Crippen LogP contribution in [0.3, 0.4) is 0 Å². The zero-order valence-corrected chi connectivity index (χ0v) is 21.0. The molecule has 1 N–H and O–H groups in total. The molecule has 4 nitrogen and oxygen atoms in total. The van der Waals surface area contributed by atoms with E-state index in [-0.39, 0.29) is 12.7 Å². The number of carbonyl (C=O) groups is 1. The minimum atomic E-state index is -0.483. The lowest BCUT2D eigenvalue weighted by Gasteiger charge is -2.17. The first-order valence-corrected chi connectivity index (χ1v) is 12.9. The standard InChI is InChI=1S/C31H35NO3/c1-21(2)6-4-5-7-23-9-11-24(12-10-23)27-19-26(14-8-22(27)3)32-30(33)31(16-17-31)25-13-15-28-29(18-25)35-20-34-28/h8-15,18-19,21H,4-7,16-17,20H2,1-3H3,(H,32,33). The van der Waals surface area contributed by atoms with Crippen molar-refractivity contribution in [2.45, 2.75) is 64.7 Å². The van der Waals surface area contributed by atoms with Crippen molar-refractivity contribution in [2.75, 3.05) is 12.1 Å². The Morgan fingerprint density at radius 2 is 1.71 bits per heavy atom. The lowest BCUT2D eigenvalue weighted by Crippen LogP contribution is -2.27. The molecule has 1 aliphatic carbocycles. The Kier molecular flexibility index (Phi) is 6.55. The van der Waals surface area contributed by atoms with Crippen LogP contribution in [-0.4, -0.2) is 12.7 Å². The van der Waals surface area contributed by atoms with Gasteiger partial charge in [0.1, 0.15) is 0 Å². The molecule has 5 rings (SSSR count). The lowest BCUT2D eigenvalue weighted by atomic mass is 9.94. The summed E-state index contributed by atoms with van der Waals surface area (Å²) in [6, 6.07) is 20.9. The van der Waals surface area contributed by atoms with Crippen LogP contribution in [0.2, 0.25) is 0 Å². The summed E-state index contributed by atoms with van der Waals surface area (Å²) in [7, 11) is 0. The highest BCUT2D eigenvalue weighted by Gasteiger charge is 2.51. The number of nitrogens with one attached hydrogen (secondary N) is 1. The Bertz CT molecular complexity index is 1210. The van der Waals surface area contributed by atoms with Crippen molar-refractivity contribution in [1.82, 2.24) is 0 Å². The zero-order chi connectivity index (χ0) is 24.4. The van der Waals surface area contributed by atoms with Crippen LogP contribution in [0, 0.1) is 12.8 Å². The van der Waals surface area contributed by atoms with Gasteiger partial charge in [0.15, 0.2) is 11.5 Å². The van der Waals surface area contributed by atoms with Gasteiger partial charge in [0.25, 0.3) is 0 Å². The van der Waals surface area contributed by atoms with Crippen LogP contribution < -0.4 is 14.8 Å². The maximum absolute atomic E-state index is 13.4. The highest BCUT2D eigenvalue weighted by molar-refractivity contribution is 6.02. The number of aryl methyl sites for hydroxylation is 2. The largest absolute Gasteiger partial charge is 0.454 e. The number of hydrogen-bond acceptors (Lipinski definition) is 3. The number of rotatable bonds is 9. The highest BCUT2D eigenvalue weighted by atomic mass is 16.7. The molecular weight excluding hydrogens is 434 g/mol. The molecule has 0 atom stereocenters. The van der Waals surface area contributed by atoms with Crippen molar-refractivity contribution in [2.24, 2.45) is 5.92 Å². The Hall–Kier alpha value is -3.27. The summed E-state index contributed by atoms with van der Waals surface area (Å²) in [4.78, 5) is 13.4. The molecule has 3 aromatic rings. The van der Waals surface area contributed by atoms with Gasteiger partial charge in [0.2, 0.25) is 12.7 Å². The molecule has 0 bridgehead atoms. The Morgan fingerprint density at radius 3 is 2.46 bits per heavy atom. The van der Waals surface area contributed by atoms with Crippen molar-refractivity contribution < 1.29 is 14.3 Å². The molecule has 0 radical (unpaired) electrons. The van der Waals surface area contributed by atoms with E-state index in [0.29, 0.717) is 0 Å². The number of benzene rings is 3. The molecule has 4 heteroatoms. The van der Waals surface area contributed by atoms with Crippen LogP contribution in [0.1, 0.15) is 62.6 Å². The second-order valence-corrected chi connectivity index (χ2v) is 10.5. The summed E-state index contributed by atoms with van der Waals surface area (Å²) in [5, 5.41) is 3.19. The number of ether oxygens (including phenoxy) is 2. The average Bonchev–Trinajstić information content (AvgIpc) is 3.54. The topological polar surface area (TPSA) is 47.6 Å². The quantitative estimate of drug-likeness (QED) is 0.332. The number of unbranched alkanes of at least 4 members (excludes halogenated alkanes) is 1. The first-order valence-electron chi connectivity index (χ1n) is 12.9. The number of carbonyl (C=O) groups excluding carboxylic acids is 1. The van der Waals surface area contributed by atoms with Gasteiger partial charge in [-0.3, -0.25) is 4.79 Å². The smallest absolute Gasteiger partial charge is 0.235 e. The van der Waals surface area contributed by atoms with Crippen LogP contribution in [-0.2, 0) is 16.6 Å². The lowest BCUT2D eigenvalue weighted by molar-refractivity contribution is -0.118. The summed E-state index contributed by atoms with van der Waals surface area (Å²) in [5.41, 5.74) is 6.27. The average molecular weight is 470 g/mol. The van der Waals surface area contributed by atoms with E-state index in [2.05, 4.69) is 62.5 Å². The molecule has 1 amide bonds. The van der Waals surface area contributed by atoms with Crippen LogP contribution in [0.5, 0.6) is 11.5 Å². The Labute approximate surface area is 208 Å². The van der Waals surface area contributed by atoms with Crippen molar-refractivity contribution >= 4 is 11.6 Å². The summed E-state index contributed by atoms with van der Waals surface area (Å²) < 4.78 is 11.0. The van der Waals surface area contributed by atoms with E-state index < -0.39 is 5.41 Å². The van der Waals surface area contributed by atoms with Gasteiger partial charge in [-0.2, -0.15) is 0 Å². The SMILES string of the molecule is Cc1ccc(NC(=O)C2(c3ccc4c(c3)OCO4)CC2)cc1-c1ccc(CCCCC(C)C)cc1. The van der Waals surface area contributed by atoms with Gasteiger partial charge in [-0.05, 0) is 90.6 Å². The van der Waals surface area contributed by atoms with Gasteiger partial charge in [-0.15, -0.1) is 0 Å². The third-order valence-electron chi connectivity index (χ3n) is 7.37. The predicted octanol–water partition coefficient (Wildman–Crippen LogP) is 7.43. The van der Waals surface area contributed by atoms with Crippen LogP contribution in [0.25, 0.3) is 11.1 Å². The fourth-order valence-electron chi connectivity index (χ4n) is 4.96. The van der Waals surface area contributed by atoms with Gasteiger partial charge in [0.05, 0.1) is 5.41 Å². The summed E-state index contributed by atoms with van der Waals surface area (Å²) in [6.45, 7) is 6.93. The molecule has 182 valence electrons. The van der Waals surface area contributed by atoms with E-state index >= 15 is 0 Å². The molecule has 1 heterocycles. The van der Waals surface area contributed by atoms with Crippen LogP contribution in [0.15, 0.2) is 60.7 Å². The number of hydrogen-bond donors (Lipinski definition) is 1. The molecule has 2 aliphatic rings. The number of anilines is 1. The molecule has 0 unspecified atom stereocenters. The maximum atomic E-state index is 13.4. The fraction of sp³-hybridized carbons (Fsp3) is 0.387. The molecule has 0 spiro atoms. The van der Waals surface area contributed by atoms with Crippen molar-refractivity contribution in [3.05, 3.63) is 77.4 Å². The third kappa shape index (κ3) is 5.07. The number of amides is 1. The molecule has 1 aliphatic heterocycles. The van der Waals surface area contributed by atoms with E-state index in [1.54, 1.807) is 0 Å². The maximum Gasteiger partial charge on any atom is 0.235 e. The molecule has 3 aromatic carbocycles. The Balaban J connectivity index is 1.28. The monoisotopic (exact) mass is 469 g/mol. The van der Waals surface area contributed by atoms with Gasteiger partial charge in [0, 0.05) is 5.69 Å². The summed E-state index contributed by atoms with van der Waals surface area (Å²) >= 11 is 0. The molecule has 0 aromatic heterocycles. The second kappa shape index (κ2) is 9.77. The Morgan fingerprint density at radius 1 is 0.943 bits per heavy atom. The molecule has 35 heavy (non-hydrogen) atoms. The second-order valence-electron chi connectivity index (χ2n) is 10.5. The molecular formula is C31H35NO3. The molecule has 0 saturated heterocycles. The van der Waals surface area contributed by atoms with Gasteiger partial charge < -0.3 is 14.8 Å². The predicted molar refractivity (Wildman–Crippen MR) is 141 cm³/mol. The van der Waals surface area contributed by atoms with Crippen LogP contribution >= 0.6 is 0 Å². The van der Waals surface area contributed by atoms with Crippen LogP contribution in [0.4, 0.5) is 5.69 Å². The van der Waals surface area contributed by atoms with Gasteiger partial charge in [-0.1, -0.05) is 63.1 Å². The highest BCUT2D eigenvalue weighted by Crippen LogP contribution is 2.51. The molecule has 1 saturated carbocycles. The number of fused-ring (bicyclic) bond motifs is 1. The zero-order valence-electron chi connectivity index (χ0n) is 21.0. The summed E-state index contributed by atoms with van der Waals surface area (Å²) in [6.07, 6.45) is 6.64. The van der Waals surface area contributed by atoms with E-state index in [9.17, 15) is 4.79 Å². The third-order valence-corrected chi connectivity index (χ3v) is 7.37. The van der Waals surface area contributed by atoms with E-state index in [0.717, 1.165) is 53.5 Å². The first kappa shape index (κ1) is 23.5. The van der Waals surface area contributed by atoms with E-state index in [1.807, 2.05) is 24.3 Å². The molecule has 1 fully saturated rings. The van der Waals surface area contributed by atoms with E-state index in [4.69, 9.17) is 9.47 Å². The minimum absolute atomic E-state index is 0.0444. The minimum Gasteiger partial charge on any atom is -0.454 e. The van der Waals surface area contributed by atoms with E-state index in [1.165, 1.54) is 36.0 Å². The first-order chi connectivity index (χ1) is 16.9. The van der Waals surface area contributed by atoms with Gasteiger partial charge in [-0.25, -0.2) is 0 Å². The van der Waals surface area contributed by atoms with Crippen molar-refractivity contribution in [1.29, 1.82) is 0 Å². The van der Waals surface area contributed by atoms with Crippen molar-refractivity contribution in [3.63, 3.8) is 0 Å².